The maximum absolute atomic E-state index is 5.71. The van der Waals surface area contributed by atoms with Crippen molar-refractivity contribution in [3.63, 3.8) is 0 Å². The lowest BCUT2D eigenvalue weighted by molar-refractivity contribution is 0.508. The van der Waals surface area contributed by atoms with Gasteiger partial charge in [0.25, 0.3) is 0 Å². The van der Waals surface area contributed by atoms with Gasteiger partial charge in [0.15, 0.2) is 0 Å². The molecule has 0 saturated carbocycles. The van der Waals surface area contributed by atoms with Gasteiger partial charge in [0.2, 0.25) is 0 Å². The summed E-state index contributed by atoms with van der Waals surface area (Å²) >= 11 is 0. The van der Waals surface area contributed by atoms with E-state index in [4.69, 9.17) is 5.73 Å². The van der Waals surface area contributed by atoms with Crippen molar-refractivity contribution < 1.29 is 0 Å². The van der Waals surface area contributed by atoms with Gasteiger partial charge in [-0.15, -0.1) is 0 Å². The molecule has 0 saturated heterocycles. The quantitative estimate of drug-likeness (QED) is 0.826. The van der Waals surface area contributed by atoms with Crippen LogP contribution in [-0.2, 0) is 6.42 Å². The van der Waals surface area contributed by atoms with Gasteiger partial charge in [-0.2, -0.15) is 0 Å². The fraction of sp³-hybridized carbons (Fsp3) is 0.462. The minimum Gasteiger partial charge on any atom is -0.342 e. The number of benzene rings is 1. The van der Waals surface area contributed by atoms with E-state index in [0.717, 1.165) is 36.2 Å². The van der Waals surface area contributed by atoms with Crippen LogP contribution >= 0.6 is 0 Å². The van der Waals surface area contributed by atoms with Crippen LogP contribution < -0.4 is 5.73 Å². The highest BCUT2D eigenvalue weighted by Crippen LogP contribution is 2.16. The van der Waals surface area contributed by atoms with Crippen LogP contribution in [0.25, 0.3) is 11.0 Å². The van der Waals surface area contributed by atoms with Crippen LogP contribution in [-0.4, -0.2) is 16.5 Å². The van der Waals surface area contributed by atoms with E-state index in [1.54, 1.807) is 0 Å². The summed E-state index contributed by atoms with van der Waals surface area (Å²) in [6.45, 7) is 4.99. The Labute approximate surface area is 96.1 Å². The van der Waals surface area contributed by atoms with Crippen molar-refractivity contribution in [2.75, 3.05) is 6.54 Å². The lowest BCUT2D eigenvalue weighted by Gasteiger charge is -2.08. The van der Waals surface area contributed by atoms with Crippen LogP contribution in [0.5, 0.6) is 0 Å². The van der Waals surface area contributed by atoms with Crippen LogP contribution in [0.2, 0.25) is 0 Å². The van der Waals surface area contributed by atoms with Gasteiger partial charge in [-0.3, -0.25) is 0 Å². The summed E-state index contributed by atoms with van der Waals surface area (Å²) < 4.78 is 0. The molecule has 3 nitrogen and oxygen atoms in total. The third kappa shape index (κ3) is 2.25. The van der Waals surface area contributed by atoms with Crippen molar-refractivity contribution in [3.05, 3.63) is 29.6 Å². The molecule has 86 valence electrons. The maximum Gasteiger partial charge on any atom is 0.107 e. The zero-order valence-electron chi connectivity index (χ0n) is 9.96. The molecule has 1 aromatic carbocycles. The van der Waals surface area contributed by atoms with Gasteiger partial charge in [-0.25, -0.2) is 4.98 Å². The number of hydrogen-bond donors (Lipinski definition) is 2. The highest BCUT2D eigenvalue weighted by Gasteiger charge is 2.09. The minimum absolute atomic E-state index is 0.529. The van der Waals surface area contributed by atoms with Crippen LogP contribution in [0.1, 0.15) is 24.7 Å². The normalized spacial score (nSPS) is 13.2. The van der Waals surface area contributed by atoms with E-state index in [1.807, 2.05) is 0 Å². The number of aromatic nitrogens is 2. The average Bonchev–Trinajstić information content (AvgIpc) is 2.67. The third-order valence-corrected chi connectivity index (χ3v) is 3.08. The van der Waals surface area contributed by atoms with Crippen LogP contribution in [0.4, 0.5) is 0 Å². The van der Waals surface area contributed by atoms with E-state index in [9.17, 15) is 0 Å². The first-order chi connectivity index (χ1) is 7.72. The molecule has 2 rings (SSSR count). The molecule has 0 fully saturated rings. The standard InChI is InChI=1S/C13H19N3/c1-3-10(8-14)7-13-15-11-5-4-9(2)6-12(11)16-13/h4-6,10H,3,7-8,14H2,1-2H3,(H,15,16). The largest absolute Gasteiger partial charge is 0.342 e. The van der Waals surface area contributed by atoms with Gasteiger partial charge in [-0.1, -0.05) is 19.4 Å². The molecular weight excluding hydrogens is 198 g/mol. The van der Waals surface area contributed by atoms with Crippen molar-refractivity contribution >= 4 is 11.0 Å². The van der Waals surface area contributed by atoms with Crippen molar-refractivity contribution in [1.82, 2.24) is 9.97 Å². The summed E-state index contributed by atoms with van der Waals surface area (Å²) in [6, 6.07) is 6.29. The Morgan fingerprint density at radius 3 is 2.94 bits per heavy atom. The number of aryl methyl sites for hydroxylation is 1. The topological polar surface area (TPSA) is 54.7 Å². The molecule has 3 heteroatoms. The van der Waals surface area contributed by atoms with Gasteiger partial charge in [0, 0.05) is 6.42 Å². The Morgan fingerprint density at radius 2 is 2.25 bits per heavy atom. The fourth-order valence-corrected chi connectivity index (χ4v) is 1.94. The van der Waals surface area contributed by atoms with E-state index in [-0.39, 0.29) is 0 Å². The summed E-state index contributed by atoms with van der Waals surface area (Å²) in [5, 5.41) is 0. The van der Waals surface area contributed by atoms with E-state index >= 15 is 0 Å². The summed E-state index contributed by atoms with van der Waals surface area (Å²) in [5.41, 5.74) is 9.14. The molecular formula is C13H19N3. The second kappa shape index (κ2) is 4.66. The zero-order valence-corrected chi connectivity index (χ0v) is 9.96. The molecule has 16 heavy (non-hydrogen) atoms. The monoisotopic (exact) mass is 217 g/mol. The molecule has 0 bridgehead atoms. The molecule has 2 aromatic rings. The van der Waals surface area contributed by atoms with Crippen LogP contribution in [0.3, 0.4) is 0 Å². The summed E-state index contributed by atoms with van der Waals surface area (Å²) in [6.07, 6.45) is 2.05. The Hall–Kier alpha value is -1.35. The van der Waals surface area contributed by atoms with E-state index in [1.165, 1.54) is 5.56 Å². The van der Waals surface area contributed by atoms with E-state index < -0.39 is 0 Å². The molecule has 1 heterocycles. The zero-order chi connectivity index (χ0) is 11.5. The number of fused-ring (bicyclic) bond motifs is 1. The lowest BCUT2D eigenvalue weighted by atomic mass is 10.0. The number of rotatable bonds is 4. The first kappa shape index (κ1) is 11.1. The fourth-order valence-electron chi connectivity index (χ4n) is 1.94. The maximum atomic E-state index is 5.71. The van der Waals surface area contributed by atoms with Crippen LogP contribution in [0.15, 0.2) is 18.2 Å². The van der Waals surface area contributed by atoms with E-state index in [2.05, 4.69) is 42.0 Å². The van der Waals surface area contributed by atoms with Gasteiger partial charge >= 0.3 is 0 Å². The number of H-pyrrole nitrogens is 1. The predicted octanol–water partition coefficient (Wildman–Crippen LogP) is 2.40. The Morgan fingerprint density at radius 1 is 1.44 bits per heavy atom. The average molecular weight is 217 g/mol. The molecule has 1 aromatic heterocycles. The van der Waals surface area contributed by atoms with Crippen molar-refractivity contribution in [1.29, 1.82) is 0 Å². The number of nitrogens with one attached hydrogen (secondary N) is 1. The first-order valence-corrected chi connectivity index (χ1v) is 5.88. The molecule has 3 N–H and O–H groups in total. The molecule has 0 aliphatic carbocycles. The Kier molecular flexibility index (Phi) is 3.25. The number of imidazole rings is 1. The van der Waals surface area contributed by atoms with Crippen molar-refractivity contribution in [2.45, 2.75) is 26.7 Å². The van der Waals surface area contributed by atoms with Gasteiger partial charge < -0.3 is 10.7 Å². The Balaban J connectivity index is 2.25. The molecule has 0 amide bonds. The SMILES string of the molecule is CCC(CN)Cc1nc2ccc(C)cc2[nH]1. The summed E-state index contributed by atoms with van der Waals surface area (Å²) in [4.78, 5) is 7.95. The second-order valence-electron chi connectivity index (χ2n) is 4.42. The van der Waals surface area contributed by atoms with Gasteiger partial charge in [0.1, 0.15) is 5.82 Å². The molecule has 1 unspecified atom stereocenters. The number of nitrogens with two attached hydrogens (primary N) is 1. The number of hydrogen-bond acceptors (Lipinski definition) is 2. The molecule has 0 aliphatic heterocycles. The second-order valence-corrected chi connectivity index (χ2v) is 4.42. The Bertz CT molecular complexity index is 469. The van der Waals surface area contributed by atoms with Gasteiger partial charge in [0.05, 0.1) is 11.0 Å². The third-order valence-electron chi connectivity index (χ3n) is 3.08. The van der Waals surface area contributed by atoms with E-state index in [0.29, 0.717) is 5.92 Å². The van der Waals surface area contributed by atoms with Crippen molar-refractivity contribution in [2.24, 2.45) is 11.7 Å². The first-order valence-electron chi connectivity index (χ1n) is 5.88. The molecule has 0 aliphatic rings. The number of nitrogens with zero attached hydrogens (tertiary/aromatic N) is 1. The van der Waals surface area contributed by atoms with Gasteiger partial charge in [-0.05, 0) is 37.1 Å². The highest BCUT2D eigenvalue weighted by atomic mass is 14.9. The summed E-state index contributed by atoms with van der Waals surface area (Å²) in [5.74, 6) is 1.58. The molecule has 0 radical (unpaired) electrons. The highest BCUT2D eigenvalue weighted by molar-refractivity contribution is 5.75. The lowest BCUT2D eigenvalue weighted by Crippen LogP contribution is -2.16. The number of aromatic amines is 1. The van der Waals surface area contributed by atoms with Crippen LogP contribution in [0, 0.1) is 12.8 Å². The van der Waals surface area contributed by atoms with Crippen molar-refractivity contribution in [3.8, 4) is 0 Å². The molecule has 1 atom stereocenters. The molecule has 0 spiro atoms. The predicted molar refractivity (Wildman–Crippen MR) is 67.4 cm³/mol. The minimum atomic E-state index is 0.529. The summed E-state index contributed by atoms with van der Waals surface area (Å²) in [7, 11) is 0. The smallest absolute Gasteiger partial charge is 0.107 e.